The average molecular weight is 310 g/mol. The summed E-state index contributed by atoms with van der Waals surface area (Å²) in [6, 6.07) is 3.78. The highest BCUT2D eigenvalue weighted by Gasteiger charge is 2.21. The largest absolute Gasteiger partial charge is 0.493 e. The van der Waals surface area contributed by atoms with Crippen LogP contribution in [0.5, 0.6) is 11.5 Å². The van der Waals surface area contributed by atoms with E-state index in [9.17, 15) is 14.4 Å². The summed E-state index contributed by atoms with van der Waals surface area (Å²) in [4.78, 5) is 34.6. The first-order valence-electron chi connectivity index (χ1n) is 6.38. The number of imide groups is 1. The fraction of sp³-hybridized carbons (Fsp3) is 0.357. The van der Waals surface area contributed by atoms with Crippen molar-refractivity contribution in [2.75, 3.05) is 21.3 Å². The van der Waals surface area contributed by atoms with Crippen LogP contribution in [0.4, 0.5) is 4.79 Å². The molecular weight excluding hydrogens is 292 g/mol. The van der Waals surface area contributed by atoms with Crippen LogP contribution in [0, 0.1) is 0 Å². The van der Waals surface area contributed by atoms with Gasteiger partial charge in [-0.25, -0.2) is 9.59 Å². The van der Waals surface area contributed by atoms with Gasteiger partial charge in [0.25, 0.3) is 5.91 Å². The van der Waals surface area contributed by atoms with Crippen LogP contribution in [0.25, 0.3) is 0 Å². The molecular formula is C14H18N2O6. The fourth-order valence-electron chi connectivity index (χ4n) is 1.52. The SMILES string of the molecule is CNC(=O)NC(=O)[C@H](C)OC(=O)c1ccc(OC)c(OC)c1. The highest BCUT2D eigenvalue weighted by Crippen LogP contribution is 2.27. The lowest BCUT2D eigenvalue weighted by molar-refractivity contribution is -0.127. The molecule has 0 aromatic heterocycles. The van der Waals surface area contributed by atoms with E-state index in [1.807, 2.05) is 5.32 Å². The molecule has 0 spiro atoms. The molecule has 0 radical (unpaired) electrons. The Hall–Kier alpha value is -2.77. The smallest absolute Gasteiger partial charge is 0.339 e. The third-order valence-corrected chi connectivity index (χ3v) is 2.74. The van der Waals surface area contributed by atoms with Crippen LogP contribution in [0.1, 0.15) is 17.3 Å². The maximum atomic E-state index is 12.0. The lowest BCUT2D eigenvalue weighted by Crippen LogP contribution is -2.43. The summed E-state index contributed by atoms with van der Waals surface area (Å²) in [6.45, 7) is 1.36. The van der Waals surface area contributed by atoms with E-state index in [1.165, 1.54) is 40.3 Å². The Labute approximate surface area is 127 Å². The first-order chi connectivity index (χ1) is 10.4. The summed E-state index contributed by atoms with van der Waals surface area (Å²) < 4.78 is 15.1. The van der Waals surface area contributed by atoms with Crippen LogP contribution in [-0.2, 0) is 9.53 Å². The zero-order valence-electron chi connectivity index (χ0n) is 12.8. The molecule has 8 nitrogen and oxygen atoms in total. The number of hydrogen-bond donors (Lipinski definition) is 2. The number of benzene rings is 1. The molecule has 2 N–H and O–H groups in total. The van der Waals surface area contributed by atoms with Crippen LogP contribution in [0.2, 0.25) is 0 Å². The maximum absolute atomic E-state index is 12.0. The maximum Gasteiger partial charge on any atom is 0.339 e. The van der Waals surface area contributed by atoms with Gasteiger partial charge >= 0.3 is 12.0 Å². The second-order valence-corrected chi connectivity index (χ2v) is 4.19. The van der Waals surface area contributed by atoms with Crippen molar-refractivity contribution in [1.82, 2.24) is 10.6 Å². The second-order valence-electron chi connectivity index (χ2n) is 4.19. The fourth-order valence-corrected chi connectivity index (χ4v) is 1.52. The van der Waals surface area contributed by atoms with Crippen molar-refractivity contribution in [3.8, 4) is 11.5 Å². The molecule has 120 valence electrons. The van der Waals surface area contributed by atoms with E-state index in [4.69, 9.17) is 14.2 Å². The Balaban J connectivity index is 2.76. The van der Waals surface area contributed by atoms with E-state index in [1.54, 1.807) is 6.07 Å². The van der Waals surface area contributed by atoms with E-state index >= 15 is 0 Å². The highest BCUT2D eigenvalue weighted by atomic mass is 16.5. The third-order valence-electron chi connectivity index (χ3n) is 2.74. The summed E-state index contributed by atoms with van der Waals surface area (Å²) in [5, 5.41) is 4.24. The molecule has 0 aliphatic rings. The van der Waals surface area contributed by atoms with Crippen molar-refractivity contribution >= 4 is 17.9 Å². The average Bonchev–Trinajstić information content (AvgIpc) is 2.53. The molecule has 1 atom stereocenters. The van der Waals surface area contributed by atoms with Crippen molar-refractivity contribution in [3.05, 3.63) is 23.8 Å². The van der Waals surface area contributed by atoms with E-state index < -0.39 is 24.0 Å². The Bertz CT molecular complexity index is 572. The van der Waals surface area contributed by atoms with Crippen molar-refractivity contribution in [2.45, 2.75) is 13.0 Å². The zero-order valence-corrected chi connectivity index (χ0v) is 12.8. The standard InChI is InChI=1S/C14H18N2O6/c1-8(12(17)16-14(19)15-2)22-13(18)9-5-6-10(20-3)11(7-9)21-4/h5-8H,1-4H3,(H2,15,16,17,19)/t8-/m0/s1. The van der Waals surface area contributed by atoms with Gasteiger partial charge in [0, 0.05) is 7.05 Å². The molecule has 0 aliphatic carbocycles. The van der Waals surface area contributed by atoms with Gasteiger partial charge in [-0.3, -0.25) is 10.1 Å². The molecule has 0 unspecified atom stereocenters. The number of ether oxygens (including phenoxy) is 3. The van der Waals surface area contributed by atoms with E-state index in [-0.39, 0.29) is 5.56 Å². The van der Waals surface area contributed by atoms with Crippen LogP contribution in [-0.4, -0.2) is 45.3 Å². The predicted octanol–water partition coefficient (Wildman–Crippen LogP) is 0.705. The monoisotopic (exact) mass is 310 g/mol. The van der Waals surface area contributed by atoms with Crippen LogP contribution in [0.15, 0.2) is 18.2 Å². The number of methoxy groups -OCH3 is 2. The van der Waals surface area contributed by atoms with Crippen molar-refractivity contribution in [1.29, 1.82) is 0 Å². The number of carbonyl (C=O) groups is 3. The molecule has 22 heavy (non-hydrogen) atoms. The quantitative estimate of drug-likeness (QED) is 0.776. The molecule has 1 aromatic rings. The number of nitrogens with one attached hydrogen (secondary N) is 2. The Morgan fingerprint density at radius 2 is 1.73 bits per heavy atom. The van der Waals surface area contributed by atoms with E-state index in [0.29, 0.717) is 11.5 Å². The minimum absolute atomic E-state index is 0.192. The summed E-state index contributed by atoms with van der Waals surface area (Å²) in [6.07, 6.45) is -1.13. The number of urea groups is 1. The van der Waals surface area contributed by atoms with Crippen molar-refractivity contribution in [3.63, 3.8) is 0 Å². The minimum atomic E-state index is -1.13. The molecule has 0 heterocycles. The molecule has 3 amide bonds. The van der Waals surface area contributed by atoms with Crippen molar-refractivity contribution < 1.29 is 28.6 Å². The predicted molar refractivity (Wildman–Crippen MR) is 77.0 cm³/mol. The number of amides is 3. The lowest BCUT2D eigenvalue weighted by atomic mass is 10.2. The van der Waals surface area contributed by atoms with Gasteiger partial charge in [-0.15, -0.1) is 0 Å². The molecule has 1 aromatic carbocycles. The molecule has 0 fully saturated rings. The first kappa shape index (κ1) is 17.3. The van der Waals surface area contributed by atoms with Gasteiger partial charge in [0.2, 0.25) is 0 Å². The normalized spacial score (nSPS) is 11.1. The Morgan fingerprint density at radius 3 is 2.27 bits per heavy atom. The molecule has 0 saturated carbocycles. The van der Waals surface area contributed by atoms with Gasteiger partial charge in [-0.2, -0.15) is 0 Å². The van der Waals surface area contributed by atoms with Crippen molar-refractivity contribution in [2.24, 2.45) is 0 Å². The first-order valence-corrected chi connectivity index (χ1v) is 6.38. The van der Waals surface area contributed by atoms with Gasteiger partial charge in [-0.1, -0.05) is 0 Å². The molecule has 8 heteroatoms. The van der Waals surface area contributed by atoms with Gasteiger partial charge in [0.1, 0.15) is 0 Å². The van der Waals surface area contributed by atoms with Gasteiger partial charge in [0.15, 0.2) is 17.6 Å². The number of esters is 1. The van der Waals surface area contributed by atoms with Crippen LogP contribution < -0.4 is 20.1 Å². The number of carbonyl (C=O) groups excluding carboxylic acids is 3. The van der Waals surface area contributed by atoms with Crippen LogP contribution in [0.3, 0.4) is 0 Å². The molecule has 0 aliphatic heterocycles. The number of rotatable bonds is 5. The Kier molecular flexibility index (Phi) is 6.18. The topological polar surface area (TPSA) is 103 Å². The lowest BCUT2D eigenvalue weighted by Gasteiger charge is -2.13. The minimum Gasteiger partial charge on any atom is -0.493 e. The van der Waals surface area contributed by atoms with Crippen LogP contribution >= 0.6 is 0 Å². The highest BCUT2D eigenvalue weighted by molar-refractivity contribution is 5.98. The summed E-state index contributed by atoms with van der Waals surface area (Å²) in [5.41, 5.74) is 0.192. The third kappa shape index (κ3) is 4.37. The molecule has 1 rings (SSSR count). The van der Waals surface area contributed by atoms with Gasteiger partial charge in [0.05, 0.1) is 19.8 Å². The van der Waals surface area contributed by atoms with E-state index in [2.05, 4.69) is 5.32 Å². The summed E-state index contributed by atoms with van der Waals surface area (Å²) >= 11 is 0. The number of hydrogen-bond acceptors (Lipinski definition) is 6. The van der Waals surface area contributed by atoms with Gasteiger partial charge in [-0.05, 0) is 25.1 Å². The summed E-state index contributed by atoms with van der Waals surface area (Å²) in [7, 11) is 4.27. The van der Waals surface area contributed by atoms with Gasteiger partial charge < -0.3 is 19.5 Å². The zero-order chi connectivity index (χ0) is 16.7. The molecule has 0 saturated heterocycles. The van der Waals surface area contributed by atoms with E-state index in [0.717, 1.165) is 0 Å². The Morgan fingerprint density at radius 1 is 1.09 bits per heavy atom. The second kappa shape index (κ2) is 7.87. The molecule has 0 bridgehead atoms. The summed E-state index contributed by atoms with van der Waals surface area (Å²) in [5.74, 6) is -0.627.